The maximum atomic E-state index is 13.3. The van der Waals surface area contributed by atoms with E-state index in [2.05, 4.69) is 35.8 Å². The zero-order chi connectivity index (χ0) is 23.2. The Labute approximate surface area is 199 Å². The maximum absolute atomic E-state index is 13.3. The third kappa shape index (κ3) is 5.66. The smallest absolute Gasteiger partial charge is 0.233 e. The van der Waals surface area contributed by atoms with Crippen molar-refractivity contribution < 1.29 is 9.53 Å². The highest BCUT2D eigenvalue weighted by molar-refractivity contribution is 7.99. The number of hydrogen-bond donors (Lipinski definition) is 0. The lowest BCUT2D eigenvalue weighted by Gasteiger charge is -2.29. The molecule has 2 aromatic carbocycles. The van der Waals surface area contributed by atoms with Crippen molar-refractivity contribution in [2.75, 3.05) is 12.9 Å². The second kappa shape index (κ2) is 10.7. The van der Waals surface area contributed by atoms with Crippen molar-refractivity contribution in [1.29, 1.82) is 0 Å². The van der Waals surface area contributed by atoms with E-state index in [-0.39, 0.29) is 11.9 Å². The summed E-state index contributed by atoms with van der Waals surface area (Å²) in [6, 6.07) is 18.2. The number of methoxy groups -OCH3 is 1. The van der Waals surface area contributed by atoms with Crippen molar-refractivity contribution in [3.05, 3.63) is 72.8 Å². The highest BCUT2D eigenvalue weighted by atomic mass is 32.2. The summed E-state index contributed by atoms with van der Waals surface area (Å²) in [4.78, 5) is 15.4. The molecule has 1 unspecified atom stereocenters. The molecule has 6 nitrogen and oxygen atoms in total. The first-order chi connectivity index (χ1) is 16.1. The molecular weight excluding hydrogens is 432 g/mol. The number of hydrogen-bond acceptors (Lipinski definition) is 5. The van der Waals surface area contributed by atoms with Crippen LogP contribution in [-0.2, 0) is 17.9 Å². The Balaban J connectivity index is 1.49. The first kappa shape index (κ1) is 23.1. The topological polar surface area (TPSA) is 60.2 Å². The van der Waals surface area contributed by atoms with Crippen LogP contribution in [0.1, 0.15) is 25.3 Å². The molecule has 1 fully saturated rings. The van der Waals surface area contributed by atoms with Crippen LogP contribution in [0.15, 0.2) is 72.4 Å². The Morgan fingerprint density at radius 2 is 1.94 bits per heavy atom. The number of benzene rings is 2. The van der Waals surface area contributed by atoms with Gasteiger partial charge in [-0.1, -0.05) is 48.2 Å². The number of aromatic nitrogens is 3. The van der Waals surface area contributed by atoms with Crippen LogP contribution >= 0.6 is 11.8 Å². The SMILES string of the molecule is C=CCn1c(SCC(=O)N(Cc2ccccc2)C(C)C2CC2)nnc1-c1ccc(OC)cc1. The summed E-state index contributed by atoms with van der Waals surface area (Å²) in [6.07, 6.45) is 4.22. The number of thioether (sulfide) groups is 1. The number of allylic oxidation sites excluding steroid dienone is 1. The van der Waals surface area contributed by atoms with Gasteiger partial charge in [0.05, 0.1) is 12.9 Å². The van der Waals surface area contributed by atoms with Crippen LogP contribution in [0.3, 0.4) is 0 Å². The van der Waals surface area contributed by atoms with Gasteiger partial charge in [0.15, 0.2) is 11.0 Å². The van der Waals surface area contributed by atoms with E-state index in [1.165, 1.54) is 24.6 Å². The fraction of sp³-hybridized carbons (Fsp3) is 0.346. The second-order valence-electron chi connectivity index (χ2n) is 8.31. The van der Waals surface area contributed by atoms with Crippen molar-refractivity contribution in [3.8, 4) is 17.1 Å². The molecule has 0 aliphatic heterocycles. The molecule has 1 atom stereocenters. The van der Waals surface area contributed by atoms with E-state index in [1.54, 1.807) is 7.11 Å². The van der Waals surface area contributed by atoms with Gasteiger partial charge in [0, 0.05) is 24.7 Å². The van der Waals surface area contributed by atoms with Crippen molar-refractivity contribution in [2.45, 2.75) is 44.1 Å². The number of nitrogens with zero attached hydrogens (tertiary/aromatic N) is 4. The maximum Gasteiger partial charge on any atom is 0.233 e. The van der Waals surface area contributed by atoms with Crippen molar-refractivity contribution in [2.24, 2.45) is 5.92 Å². The van der Waals surface area contributed by atoms with Crippen molar-refractivity contribution in [1.82, 2.24) is 19.7 Å². The van der Waals surface area contributed by atoms with Crippen molar-refractivity contribution >= 4 is 17.7 Å². The molecule has 0 radical (unpaired) electrons. The standard InChI is InChI=1S/C26H30N4O2S/c1-4-16-29-25(22-12-14-23(32-3)15-13-22)27-28-26(29)33-18-24(31)30(19(2)21-10-11-21)17-20-8-6-5-7-9-20/h4-9,12-15,19,21H,1,10-11,16-18H2,2-3H3. The van der Waals surface area contributed by atoms with Gasteiger partial charge in [0.25, 0.3) is 0 Å². The molecule has 1 aliphatic rings. The fourth-order valence-corrected chi connectivity index (χ4v) is 4.76. The van der Waals surface area contributed by atoms with Crippen LogP contribution in [0, 0.1) is 5.92 Å². The minimum atomic E-state index is 0.127. The average molecular weight is 463 g/mol. The van der Waals surface area contributed by atoms with Gasteiger partial charge < -0.3 is 9.64 Å². The third-order valence-electron chi connectivity index (χ3n) is 6.01. The Kier molecular flexibility index (Phi) is 7.50. The summed E-state index contributed by atoms with van der Waals surface area (Å²) in [5, 5.41) is 9.51. The molecule has 1 aromatic heterocycles. The van der Waals surface area contributed by atoms with Gasteiger partial charge in [-0.2, -0.15) is 0 Å². The van der Waals surface area contributed by atoms with Crippen LogP contribution in [0.5, 0.6) is 5.75 Å². The normalized spacial score (nSPS) is 14.0. The van der Waals surface area contributed by atoms with Gasteiger partial charge in [-0.3, -0.25) is 9.36 Å². The van der Waals surface area contributed by atoms with Gasteiger partial charge >= 0.3 is 0 Å². The zero-order valence-corrected chi connectivity index (χ0v) is 20.0. The van der Waals surface area contributed by atoms with Gasteiger partial charge in [0.1, 0.15) is 5.75 Å². The lowest BCUT2D eigenvalue weighted by molar-refractivity contribution is -0.131. The number of rotatable bonds is 11. The fourth-order valence-electron chi connectivity index (χ4n) is 3.92. The Bertz CT molecular complexity index is 1080. The number of amides is 1. The second-order valence-corrected chi connectivity index (χ2v) is 9.25. The minimum Gasteiger partial charge on any atom is -0.497 e. The van der Waals surface area contributed by atoms with E-state index < -0.39 is 0 Å². The largest absolute Gasteiger partial charge is 0.497 e. The summed E-state index contributed by atoms with van der Waals surface area (Å²) in [5.74, 6) is 2.59. The van der Waals surface area contributed by atoms with Crippen LogP contribution in [0.4, 0.5) is 0 Å². The lowest BCUT2D eigenvalue weighted by Crippen LogP contribution is -2.40. The van der Waals surface area contributed by atoms with Crippen LogP contribution < -0.4 is 4.74 Å². The molecule has 1 heterocycles. The molecule has 1 aliphatic carbocycles. The molecule has 3 aromatic rings. The van der Waals surface area contributed by atoms with Crippen LogP contribution in [-0.4, -0.2) is 44.5 Å². The van der Waals surface area contributed by atoms with E-state index in [9.17, 15) is 4.79 Å². The highest BCUT2D eigenvalue weighted by Gasteiger charge is 2.34. The molecule has 7 heteroatoms. The Hall–Kier alpha value is -3.06. The molecule has 1 saturated carbocycles. The third-order valence-corrected chi connectivity index (χ3v) is 6.96. The summed E-state index contributed by atoms with van der Waals surface area (Å²) >= 11 is 1.43. The summed E-state index contributed by atoms with van der Waals surface area (Å²) in [5.41, 5.74) is 2.09. The molecule has 4 rings (SSSR count). The van der Waals surface area contributed by atoms with E-state index in [1.807, 2.05) is 58.0 Å². The van der Waals surface area contributed by atoms with E-state index in [0.717, 1.165) is 22.7 Å². The molecule has 0 bridgehead atoms. The molecule has 1 amide bonds. The molecule has 0 N–H and O–H groups in total. The Morgan fingerprint density at radius 3 is 2.58 bits per heavy atom. The first-order valence-corrected chi connectivity index (χ1v) is 12.2. The minimum absolute atomic E-state index is 0.127. The Morgan fingerprint density at radius 1 is 1.21 bits per heavy atom. The summed E-state index contributed by atoms with van der Waals surface area (Å²) < 4.78 is 7.25. The van der Waals surface area contributed by atoms with E-state index in [4.69, 9.17) is 4.74 Å². The number of carbonyl (C=O) groups is 1. The average Bonchev–Trinajstić information content (AvgIpc) is 3.63. The highest BCUT2D eigenvalue weighted by Crippen LogP contribution is 2.36. The van der Waals surface area contributed by atoms with E-state index in [0.29, 0.717) is 29.9 Å². The van der Waals surface area contributed by atoms with Gasteiger partial charge in [-0.15, -0.1) is 16.8 Å². The number of ether oxygens (including phenoxy) is 1. The van der Waals surface area contributed by atoms with Crippen LogP contribution in [0.2, 0.25) is 0 Å². The molecule has 0 spiro atoms. The molecular formula is C26H30N4O2S. The van der Waals surface area contributed by atoms with E-state index >= 15 is 0 Å². The van der Waals surface area contributed by atoms with Gasteiger partial charge in [-0.25, -0.2) is 0 Å². The summed E-state index contributed by atoms with van der Waals surface area (Å²) in [6.45, 7) is 7.25. The first-order valence-electron chi connectivity index (χ1n) is 11.3. The van der Waals surface area contributed by atoms with Crippen molar-refractivity contribution in [3.63, 3.8) is 0 Å². The van der Waals surface area contributed by atoms with Gasteiger partial charge in [-0.05, 0) is 55.5 Å². The zero-order valence-electron chi connectivity index (χ0n) is 19.2. The summed E-state index contributed by atoms with van der Waals surface area (Å²) in [7, 11) is 1.64. The predicted molar refractivity (Wildman–Crippen MR) is 132 cm³/mol. The molecule has 0 saturated heterocycles. The molecule has 33 heavy (non-hydrogen) atoms. The molecule has 172 valence electrons. The number of carbonyl (C=O) groups excluding carboxylic acids is 1. The predicted octanol–water partition coefficient (Wildman–Crippen LogP) is 5.06. The van der Waals surface area contributed by atoms with Gasteiger partial charge in [0.2, 0.25) is 5.91 Å². The quantitative estimate of drug-likeness (QED) is 0.294. The lowest BCUT2D eigenvalue weighted by atomic mass is 10.1. The van der Waals surface area contributed by atoms with Crippen LogP contribution in [0.25, 0.3) is 11.4 Å². The monoisotopic (exact) mass is 462 g/mol.